The van der Waals surface area contributed by atoms with Gasteiger partial charge in [-0.2, -0.15) is 0 Å². The Bertz CT molecular complexity index is 2400. The summed E-state index contributed by atoms with van der Waals surface area (Å²) in [5.41, 5.74) is 8.40. The van der Waals surface area contributed by atoms with Crippen LogP contribution in [0.5, 0.6) is 5.75 Å². The predicted octanol–water partition coefficient (Wildman–Crippen LogP) is 11.0. The molecule has 2 amide bonds. The normalized spacial score (nSPS) is 18.3. The van der Waals surface area contributed by atoms with E-state index >= 15 is 4.79 Å². The van der Waals surface area contributed by atoms with Crippen LogP contribution in [-0.2, 0) is 4.79 Å². The van der Waals surface area contributed by atoms with E-state index in [2.05, 4.69) is 56.7 Å². The lowest BCUT2D eigenvalue weighted by Gasteiger charge is -2.39. The van der Waals surface area contributed by atoms with Crippen LogP contribution in [0.2, 0.25) is 15.1 Å². The van der Waals surface area contributed by atoms with E-state index in [1.54, 1.807) is 13.2 Å². The summed E-state index contributed by atoms with van der Waals surface area (Å²) in [7, 11) is 1.62. The molecule has 3 aliphatic rings. The van der Waals surface area contributed by atoms with Gasteiger partial charge in [-0.1, -0.05) is 98.0 Å². The first-order valence-electron chi connectivity index (χ1n) is 19.1. The van der Waals surface area contributed by atoms with Crippen molar-refractivity contribution in [2.24, 2.45) is 11.8 Å². The number of amides is 2. The van der Waals surface area contributed by atoms with Gasteiger partial charge in [0.1, 0.15) is 11.4 Å². The third-order valence-corrected chi connectivity index (χ3v) is 12.0. The molecule has 0 aliphatic carbocycles. The molecule has 3 aliphatic heterocycles. The Morgan fingerprint density at radius 3 is 2.39 bits per heavy atom. The number of rotatable bonds is 8. The molecule has 8 nitrogen and oxygen atoms in total. The van der Waals surface area contributed by atoms with Crippen molar-refractivity contribution in [3.05, 3.63) is 134 Å². The molecule has 5 aromatic rings. The van der Waals surface area contributed by atoms with Crippen molar-refractivity contribution in [1.29, 1.82) is 0 Å². The van der Waals surface area contributed by atoms with Gasteiger partial charge < -0.3 is 30.2 Å². The number of halogens is 3. The number of piperidine rings is 1. The van der Waals surface area contributed by atoms with Crippen LogP contribution in [0.25, 0.3) is 22.2 Å². The summed E-state index contributed by atoms with van der Waals surface area (Å²) >= 11 is 20.4. The molecule has 0 spiro atoms. The minimum Gasteiger partial charge on any atom is -0.497 e. The number of anilines is 2. The number of carbonyl (C=O) groups is 2. The first kappa shape index (κ1) is 38.0. The zero-order valence-corrected chi connectivity index (χ0v) is 34.0. The number of H-pyrrole nitrogens is 1. The van der Waals surface area contributed by atoms with Gasteiger partial charge in [0.05, 0.1) is 30.2 Å². The van der Waals surface area contributed by atoms with E-state index in [0.29, 0.717) is 32.2 Å². The van der Waals surface area contributed by atoms with Gasteiger partial charge in [0.2, 0.25) is 5.91 Å². The molecule has 2 atom stereocenters. The number of methoxy groups -OCH3 is 1. The molecular weight excluding hydrogens is 765 g/mol. The minimum absolute atomic E-state index is 0.0663. The molecule has 3 N–H and O–H groups in total. The fourth-order valence-corrected chi connectivity index (χ4v) is 9.18. The molecule has 288 valence electrons. The maximum atomic E-state index is 15.0. The van der Waals surface area contributed by atoms with E-state index < -0.39 is 0 Å². The lowest BCUT2D eigenvalue weighted by atomic mass is 9.82. The molecule has 0 saturated carbocycles. The zero-order valence-electron chi connectivity index (χ0n) is 31.8. The summed E-state index contributed by atoms with van der Waals surface area (Å²) in [5.74, 6) is 0.445. The van der Waals surface area contributed by atoms with Crippen molar-refractivity contribution in [1.82, 2.24) is 15.2 Å². The second-order valence-corrected chi connectivity index (χ2v) is 16.5. The first-order chi connectivity index (χ1) is 27.0. The highest BCUT2D eigenvalue weighted by atomic mass is 35.5. The van der Waals surface area contributed by atoms with Gasteiger partial charge in [0, 0.05) is 68.8 Å². The van der Waals surface area contributed by atoms with Crippen LogP contribution in [0.3, 0.4) is 0 Å². The number of nitrogens with one attached hydrogen (secondary N) is 3. The van der Waals surface area contributed by atoms with Crippen molar-refractivity contribution < 1.29 is 14.3 Å². The van der Waals surface area contributed by atoms with Crippen molar-refractivity contribution >= 4 is 80.2 Å². The largest absolute Gasteiger partial charge is 0.497 e. The molecule has 0 bridgehead atoms. The van der Waals surface area contributed by atoms with Gasteiger partial charge in [-0.3, -0.25) is 9.59 Å². The fourth-order valence-electron chi connectivity index (χ4n) is 8.44. The number of allylic oxidation sites excluding steroid dienone is 2. The maximum absolute atomic E-state index is 15.0. The Morgan fingerprint density at radius 2 is 1.68 bits per heavy atom. The highest BCUT2D eigenvalue weighted by Gasteiger charge is 2.40. The second-order valence-electron chi connectivity index (χ2n) is 15.2. The van der Waals surface area contributed by atoms with Crippen LogP contribution in [0.15, 0.2) is 91.1 Å². The monoisotopic (exact) mass is 807 g/mol. The highest BCUT2D eigenvalue weighted by Crippen LogP contribution is 2.53. The van der Waals surface area contributed by atoms with Crippen LogP contribution >= 0.6 is 34.8 Å². The van der Waals surface area contributed by atoms with E-state index in [1.807, 2.05) is 74.5 Å². The van der Waals surface area contributed by atoms with Crippen LogP contribution in [0.1, 0.15) is 78.8 Å². The Hall–Kier alpha value is -4.89. The Labute approximate surface area is 342 Å². The molecule has 56 heavy (non-hydrogen) atoms. The smallest absolute Gasteiger partial charge is 0.272 e. The van der Waals surface area contributed by atoms with Crippen LogP contribution in [-0.4, -0.2) is 47.9 Å². The number of fused-ring (bicyclic) bond motifs is 2. The van der Waals surface area contributed by atoms with Crippen molar-refractivity contribution in [3.8, 4) is 5.75 Å². The lowest BCUT2D eigenvalue weighted by Crippen LogP contribution is -2.46. The molecule has 8 rings (SSSR count). The molecular formula is C45H44Cl3N5O3. The number of ether oxygens (including phenoxy) is 1. The van der Waals surface area contributed by atoms with E-state index in [4.69, 9.17) is 39.5 Å². The summed E-state index contributed by atoms with van der Waals surface area (Å²) in [5, 5.41) is 9.02. The molecule has 1 saturated heterocycles. The number of hydrogen-bond acceptors (Lipinski definition) is 5. The maximum Gasteiger partial charge on any atom is 0.272 e. The third-order valence-electron chi connectivity index (χ3n) is 11.2. The molecule has 4 aromatic carbocycles. The Balaban J connectivity index is 1.28. The summed E-state index contributed by atoms with van der Waals surface area (Å²) < 4.78 is 5.65. The molecule has 2 unspecified atom stereocenters. The molecule has 0 radical (unpaired) electrons. The average Bonchev–Trinajstić information content (AvgIpc) is 3.47. The quantitative estimate of drug-likeness (QED) is 0.145. The minimum atomic E-state index is -0.367. The van der Waals surface area contributed by atoms with E-state index in [1.165, 1.54) is 0 Å². The topological polar surface area (TPSA) is 89.7 Å². The van der Waals surface area contributed by atoms with Gasteiger partial charge in [-0.15, -0.1) is 0 Å². The summed E-state index contributed by atoms with van der Waals surface area (Å²) in [4.78, 5) is 35.5. The van der Waals surface area contributed by atoms with Crippen molar-refractivity contribution in [2.75, 3.05) is 30.4 Å². The zero-order chi connectivity index (χ0) is 39.2. The van der Waals surface area contributed by atoms with E-state index in [-0.39, 0.29) is 35.7 Å². The standard InChI is InChI=1S/C45H44Cl3N5O3/c1-25(2)44(54)49-30-16-19-52(20-17-30)37-15-13-31(56-4)24-35(37)51-45(55)41-40-39-33(21-29(47)23-36(39)50-41)42(32-14-12-28(46)22-34(32)48)53-18-8-9-26(3)38(43(40)53)27-10-6-5-7-11-27/h5-8,10-15,18,21-26,30,42,50H,9,16-17,19-20H2,1-4H3,(H,49,54)(H,51,55). The summed E-state index contributed by atoms with van der Waals surface area (Å²) in [6.07, 6.45) is 6.70. The Morgan fingerprint density at radius 1 is 0.911 bits per heavy atom. The highest BCUT2D eigenvalue weighted by molar-refractivity contribution is 6.35. The van der Waals surface area contributed by atoms with Gasteiger partial charge in [0.15, 0.2) is 0 Å². The number of carbonyl (C=O) groups excluding carboxylic acids is 2. The van der Waals surface area contributed by atoms with Crippen LogP contribution in [0, 0.1) is 11.8 Å². The molecule has 1 aromatic heterocycles. The van der Waals surface area contributed by atoms with Crippen molar-refractivity contribution in [2.45, 2.75) is 52.1 Å². The van der Waals surface area contributed by atoms with Crippen LogP contribution < -0.4 is 20.3 Å². The molecule has 1 fully saturated rings. The number of aromatic nitrogens is 1. The summed E-state index contributed by atoms with van der Waals surface area (Å²) in [6.45, 7) is 7.49. The molecule has 11 heteroatoms. The number of aromatic amines is 1. The fraction of sp³-hybridized carbons (Fsp3) is 0.289. The van der Waals surface area contributed by atoms with Gasteiger partial charge in [-0.05, 0) is 83.8 Å². The molecule has 4 heterocycles. The third kappa shape index (κ3) is 7.04. The first-order valence-corrected chi connectivity index (χ1v) is 20.3. The summed E-state index contributed by atoms with van der Waals surface area (Å²) in [6, 6.07) is 25.4. The van der Waals surface area contributed by atoms with Gasteiger partial charge in [-0.25, -0.2) is 0 Å². The van der Waals surface area contributed by atoms with Crippen molar-refractivity contribution in [3.63, 3.8) is 0 Å². The van der Waals surface area contributed by atoms with Crippen LogP contribution in [0.4, 0.5) is 11.4 Å². The van der Waals surface area contributed by atoms with Gasteiger partial charge >= 0.3 is 0 Å². The van der Waals surface area contributed by atoms with E-state index in [0.717, 1.165) is 82.5 Å². The Kier molecular flexibility index (Phi) is 10.6. The predicted molar refractivity (Wildman–Crippen MR) is 229 cm³/mol. The SMILES string of the molecule is COc1ccc(N2CCC(NC(=O)C(C)C)CC2)c(NC(=O)c2[nH]c3cc(Cl)cc4c3c2C2=C(c3ccccc3)C(C)CC=CN2C4c2ccc(Cl)cc2Cl)c1. The second kappa shape index (κ2) is 15.6. The number of benzene rings is 4. The number of nitrogens with zero attached hydrogens (tertiary/aromatic N) is 2. The van der Waals surface area contributed by atoms with Gasteiger partial charge in [0.25, 0.3) is 5.91 Å². The number of hydrogen-bond donors (Lipinski definition) is 3. The van der Waals surface area contributed by atoms with E-state index in [9.17, 15) is 4.79 Å². The lowest BCUT2D eigenvalue weighted by molar-refractivity contribution is -0.124. The average molecular weight is 809 g/mol.